The van der Waals surface area contributed by atoms with Crippen molar-refractivity contribution in [1.82, 2.24) is 5.32 Å². The number of rotatable bonds is 5. The molecule has 0 aliphatic carbocycles. The summed E-state index contributed by atoms with van der Waals surface area (Å²) in [7, 11) is 0. The molecule has 24 heavy (non-hydrogen) atoms. The molecule has 5 nitrogen and oxygen atoms in total. The fourth-order valence-electron chi connectivity index (χ4n) is 3.02. The topological polar surface area (TPSA) is 50.9 Å². The fourth-order valence-corrected chi connectivity index (χ4v) is 3.02. The molecule has 0 unspecified atom stereocenters. The first-order valence-corrected chi connectivity index (χ1v) is 8.58. The summed E-state index contributed by atoms with van der Waals surface area (Å²) in [5.74, 6) is 1.28. The van der Waals surface area contributed by atoms with Crippen molar-refractivity contribution in [1.29, 1.82) is 0 Å². The molecular formula is C19H26N4O+2. The van der Waals surface area contributed by atoms with Gasteiger partial charge in [0.05, 0.1) is 6.20 Å². The van der Waals surface area contributed by atoms with Gasteiger partial charge in [-0.15, -0.1) is 0 Å². The maximum absolute atomic E-state index is 12.2. The Bertz CT molecular complexity index is 649. The highest BCUT2D eigenvalue weighted by Gasteiger charge is 2.26. The first kappa shape index (κ1) is 16.5. The van der Waals surface area contributed by atoms with Crippen LogP contribution in [0.2, 0.25) is 0 Å². The molecule has 2 aromatic rings. The second-order valence-corrected chi connectivity index (χ2v) is 6.42. The molecule has 2 heterocycles. The summed E-state index contributed by atoms with van der Waals surface area (Å²) in [5.41, 5.74) is 2.39. The summed E-state index contributed by atoms with van der Waals surface area (Å²) in [6.07, 6.45) is 1.95. The van der Waals surface area contributed by atoms with E-state index in [0.717, 1.165) is 37.6 Å². The van der Waals surface area contributed by atoms with Gasteiger partial charge >= 0.3 is 0 Å². The summed E-state index contributed by atoms with van der Waals surface area (Å²) in [4.78, 5) is 19.1. The summed E-state index contributed by atoms with van der Waals surface area (Å²) < 4.78 is 0. The van der Waals surface area contributed by atoms with Crippen LogP contribution in [-0.2, 0) is 11.3 Å². The highest BCUT2D eigenvalue weighted by Crippen LogP contribution is 2.04. The lowest BCUT2D eigenvalue weighted by Gasteiger charge is -2.27. The van der Waals surface area contributed by atoms with E-state index >= 15 is 0 Å². The van der Waals surface area contributed by atoms with Crippen LogP contribution < -0.4 is 20.1 Å². The Hall–Kier alpha value is -2.40. The van der Waals surface area contributed by atoms with Crippen LogP contribution in [0.4, 0.5) is 5.82 Å². The van der Waals surface area contributed by atoms with Gasteiger partial charge in [-0.1, -0.05) is 35.9 Å². The van der Waals surface area contributed by atoms with Gasteiger partial charge in [-0.3, -0.25) is 9.69 Å². The molecule has 0 spiro atoms. The number of hydrogen-bond donors (Lipinski definition) is 2. The Morgan fingerprint density at radius 1 is 1.17 bits per heavy atom. The van der Waals surface area contributed by atoms with Gasteiger partial charge in [0.25, 0.3) is 11.7 Å². The normalized spacial score (nSPS) is 15.3. The minimum Gasteiger partial charge on any atom is -0.347 e. The van der Waals surface area contributed by atoms with Gasteiger partial charge in [-0.2, -0.15) is 0 Å². The van der Waals surface area contributed by atoms with E-state index in [1.807, 2.05) is 18.3 Å². The average Bonchev–Trinajstić information content (AvgIpc) is 2.63. The van der Waals surface area contributed by atoms with Gasteiger partial charge in [0.2, 0.25) is 0 Å². The molecule has 0 saturated carbocycles. The number of anilines is 1. The van der Waals surface area contributed by atoms with Crippen LogP contribution in [0.5, 0.6) is 0 Å². The van der Waals surface area contributed by atoms with Crippen LogP contribution in [0.15, 0.2) is 48.7 Å². The van der Waals surface area contributed by atoms with Crippen LogP contribution in [0, 0.1) is 6.92 Å². The van der Waals surface area contributed by atoms with Gasteiger partial charge in [0.1, 0.15) is 26.2 Å². The van der Waals surface area contributed by atoms with Crippen molar-refractivity contribution in [2.75, 3.05) is 37.6 Å². The zero-order valence-electron chi connectivity index (χ0n) is 14.2. The predicted molar refractivity (Wildman–Crippen MR) is 93.8 cm³/mol. The van der Waals surface area contributed by atoms with Gasteiger partial charge in [0, 0.05) is 12.6 Å². The minimum absolute atomic E-state index is 0.130. The number of carbonyl (C=O) groups excluding carboxylic acids is 1. The SMILES string of the molecule is Cc1ccc(CNC(=O)C[NH+]2CCN(c3cccc[nH+]3)CC2)cc1. The lowest BCUT2D eigenvalue weighted by Crippen LogP contribution is -3.16. The molecule has 1 aliphatic heterocycles. The Kier molecular flexibility index (Phi) is 5.43. The Labute approximate surface area is 143 Å². The van der Waals surface area contributed by atoms with Gasteiger partial charge in [-0.25, -0.2) is 4.98 Å². The minimum atomic E-state index is 0.130. The molecule has 3 N–H and O–H groups in total. The standard InChI is InChI=1S/C19H24N4O/c1-16-5-7-17(8-6-16)14-21-19(24)15-22-10-12-23(13-11-22)18-4-2-3-9-20-18/h2-9H,10-15H2,1H3,(H,21,24)/p+2. The van der Waals surface area contributed by atoms with Crippen molar-refractivity contribution < 1.29 is 14.7 Å². The number of aryl methyl sites for hydroxylation is 1. The molecule has 0 atom stereocenters. The molecule has 1 amide bonds. The molecule has 1 fully saturated rings. The van der Waals surface area contributed by atoms with Crippen molar-refractivity contribution in [2.24, 2.45) is 0 Å². The maximum atomic E-state index is 12.2. The number of hydrogen-bond acceptors (Lipinski definition) is 2. The number of aromatic amines is 1. The molecule has 0 radical (unpaired) electrons. The van der Waals surface area contributed by atoms with Crippen molar-refractivity contribution in [3.05, 3.63) is 59.8 Å². The van der Waals surface area contributed by atoms with Crippen LogP contribution >= 0.6 is 0 Å². The number of nitrogens with zero attached hydrogens (tertiary/aromatic N) is 1. The fraction of sp³-hybridized carbons (Fsp3) is 0.368. The van der Waals surface area contributed by atoms with Crippen molar-refractivity contribution in [3.63, 3.8) is 0 Å². The van der Waals surface area contributed by atoms with E-state index in [-0.39, 0.29) is 5.91 Å². The number of amides is 1. The number of benzene rings is 1. The molecule has 1 aliphatic rings. The van der Waals surface area contributed by atoms with Crippen LogP contribution in [0.25, 0.3) is 0 Å². The van der Waals surface area contributed by atoms with Gasteiger partial charge < -0.3 is 10.2 Å². The van der Waals surface area contributed by atoms with Crippen LogP contribution in [0.3, 0.4) is 0 Å². The zero-order chi connectivity index (χ0) is 16.8. The Morgan fingerprint density at radius 3 is 2.58 bits per heavy atom. The van der Waals surface area contributed by atoms with E-state index in [2.05, 4.69) is 52.5 Å². The smallest absolute Gasteiger partial charge is 0.275 e. The second kappa shape index (κ2) is 7.93. The monoisotopic (exact) mass is 326 g/mol. The van der Waals surface area contributed by atoms with E-state index in [4.69, 9.17) is 0 Å². The molecule has 1 saturated heterocycles. The van der Waals surface area contributed by atoms with Gasteiger partial charge in [0.15, 0.2) is 6.54 Å². The summed E-state index contributed by atoms with van der Waals surface area (Å²) in [5, 5.41) is 3.03. The van der Waals surface area contributed by atoms with E-state index in [1.165, 1.54) is 10.5 Å². The Balaban J connectivity index is 1.41. The quantitative estimate of drug-likeness (QED) is 0.802. The predicted octanol–water partition coefficient (Wildman–Crippen LogP) is -0.170. The number of aromatic nitrogens is 1. The molecule has 0 bridgehead atoms. The second-order valence-electron chi connectivity index (χ2n) is 6.42. The van der Waals surface area contributed by atoms with Crippen molar-refractivity contribution in [3.8, 4) is 0 Å². The molecule has 3 rings (SSSR count). The summed E-state index contributed by atoms with van der Waals surface area (Å²) in [6, 6.07) is 14.4. The maximum Gasteiger partial charge on any atom is 0.275 e. The first-order chi connectivity index (χ1) is 11.7. The largest absolute Gasteiger partial charge is 0.347 e. The third-order valence-electron chi connectivity index (χ3n) is 4.52. The number of piperazine rings is 1. The van der Waals surface area contributed by atoms with Crippen molar-refractivity contribution in [2.45, 2.75) is 13.5 Å². The highest BCUT2D eigenvalue weighted by atomic mass is 16.2. The summed E-state index contributed by atoms with van der Waals surface area (Å²) in [6.45, 7) is 7.15. The molecular weight excluding hydrogens is 300 g/mol. The van der Waals surface area contributed by atoms with E-state index in [0.29, 0.717) is 13.1 Å². The molecule has 1 aromatic carbocycles. The van der Waals surface area contributed by atoms with Crippen molar-refractivity contribution >= 4 is 11.7 Å². The number of pyridine rings is 1. The lowest BCUT2D eigenvalue weighted by molar-refractivity contribution is -0.892. The van der Waals surface area contributed by atoms with E-state index < -0.39 is 0 Å². The van der Waals surface area contributed by atoms with Crippen LogP contribution in [-0.4, -0.2) is 38.6 Å². The number of quaternary nitrogens is 1. The molecule has 5 heteroatoms. The molecule has 126 valence electrons. The third-order valence-corrected chi connectivity index (χ3v) is 4.52. The number of nitrogens with one attached hydrogen (secondary N) is 3. The third kappa shape index (κ3) is 4.55. The number of H-pyrrole nitrogens is 1. The van der Waals surface area contributed by atoms with E-state index in [1.54, 1.807) is 0 Å². The average molecular weight is 326 g/mol. The first-order valence-electron chi connectivity index (χ1n) is 8.58. The van der Waals surface area contributed by atoms with Gasteiger partial charge in [-0.05, 0) is 18.6 Å². The zero-order valence-corrected chi connectivity index (χ0v) is 14.2. The highest BCUT2D eigenvalue weighted by molar-refractivity contribution is 5.76. The number of carbonyl (C=O) groups is 1. The Morgan fingerprint density at radius 2 is 1.92 bits per heavy atom. The van der Waals surface area contributed by atoms with Crippen LogP contribution in [0.1, 0.15) is 11.1 Å². The lowest BCUT2D eigenvalue weighted by atomic mass is 10.1. The summed E-state index contributed by atoms with van der Waals surface area (Å²) >= 11 is 0. The molecule has 1 aromatic heterocycles. The van der Waals surface area contributed by atoms with E-state index in [9.17, 15) is 4.79 Å².